The number of hydrogen-bond donors (Lipinski definition) is 2. The van der Waals surface area contributed by atoms with Crippen LogP contribution in [-0.2, 0) is 16.1 Å². The number of aryl methyl sites for hydroxylation is 2. The van der Waals surface area contributed by atoms with Gasteiger partial charge in [0.2, 0.25) is 0 Å². The van der Waals surface area contributed by atoms with Crippen LogP contribution >= 0.6 is 11.3 Å². The van der Waals surface area contributed by atoms with E-state index in [2.05, 4.69) is 15.7 Å². The lowest BCUT2D eigenvalue weighted by atomic mass is 10.1. The summed E-state index contributed by atoms with van der Waals surface area (Å²) in [7, 11) is 0. The van der Waals surface area contributed by atoms with Crippen LogP contribution in [0.25, 0.3) is 0 Å². The molecule has 0 bridgehead atoms. The third-order valence-corrected chi connectivity index (χ3v) is 4.63. The van der Waals surface area contributed by atoms with Crippen molar-refractivity contribution in [2.45, 2.75) is 26.4 Å². The Bertz CT molecular complexity index is 869. The Balaban J connectivity index is 1.63. The smallest absolute Gasteiger partial charge is 0.309 e. The van der Waals surface area contributed by atoms with E-state index in [0.717, 1.165) is 17.0 Å². The molecule has 0 spiro atoms. The maximum atomic E-state index is 12.1. The summed E-state index contributed by atoms with van der Waals surface area (Å²) in [6, 6.07) is 7.26. The van der Waals surface area contributed by atoms with E-state index >= 15 is 0 Å². The van der Waals surface area contributed by atoms with Crippen molar-refractivity contribution in [3.63, 3.8) is 0 Å². The van der Waals surface area contributed by atoms with Crippen LogP contribution in [0, 0.1) is 13.8 Å². The molecule has 0 aliphatic carbocycles. The highest BCUT2D eigenvalue weighted by Gasteiger charge is 2.21. The molecule has 136 valence electrons. The molecule has 3 heterocycles. The minimum atomic E-state index is -0.696. The number of carbonyl (C=O) groups excluding carboxylic acids is 2. The van der Waals surface area contributed by atoms with Crippen molar-refractivity contribution in [1.82, 2.24) is 20.4 Å². The summed E-state index contributed by atoms with van der Waals surface area (Å²) in [4.78, 5) is 24.1. The number of amides is 2. The van der Waals surface area contributed by atoms with Gasteiger partial charge in [0.05, 0.1) is 24.5 Å². The van der Waals surface area contributed by atoms with Crippen LogP contribution in [0.4, 0.5) is 0 Å². The molecule has 2 amide bonds. The minimum absolute atomic E-state index is 0.170. The zero-order valence-corrected chi connectivity index (χ0v) is 15.4. The molecule has 3 aromatic rings. The van der Waals surface area contributed by atoms with E-state index in [1.165, 1.54) is 6.26 Å². The Kier molecular flexibility index (Phi) is 5.52. The third kappa shape index (κ3) is 4.20. The van der Waals surface area contributed by atoms with Crippen molar-refractivity contribution >= 4 is 23.2 Å². The standard InChI is InChI=1S/C18H20N4O3S/c1-12-8-13(2)22(21-12)16(14-5-7-26-11-14)10-20-18(24)17(23)19-9-15-4-3-6-25-15/h3-8,11,16H,9-10H2,1-2H3,(H,19,23)(H,20,24)/t16-/m0/s1. The minimum Gasteiger partial charge on any atom is -0.467 e. The van der Waals surface area contributed by atoms with Crippen molar-refractivity contribution in [3.8, 4) is 0 Å². The Morgan fingerprint density at radius 1 is 1.27 bits per heavy atom. The van der Waals surface area contributed by atoms with E-state index in [4.69, 9.17) is 4.42 Å². The molecule has 0 aromatic carbocycles. The summed E-state index contributed by atoms with van der Waals surface area (Å²) < 4.78 is 7.00. The van der Waals surface area contributed by atoms with Crippen LogP contribution in [0.1, 0.15) is 28.8 Å². The van der Waals surface area contributed by atoms with Crippen molar-refractivity contribution in [3.05, 3.63) is 64.0 Å². The average Bonchev–Trinajstić information content (AvgIpc) is 3.36. The lowest BCUT2D eigenvalue weighted by Gasteiger charge is -2.19. The lowest BCUT2D eigenvalue weighted by molar-refractivity contribution is -0.139. The van der Waals surface area contributed by atoms with Crippen molar-refractivity contribution in [2.24, 2.45) is 0 Å². The molecule has 0 saturated heterocycles. The molecule has 26 heavy (non-hydrogen) atoms. The summed E-state index contributed by atoms with van der Waals surface area (Å²) in [5, 5.41) is 13.7. The van der Waals surface area contributed by atoms with Gasteiger partial charge in [-0.1, -0.05) is 0 Å². The van der Waals surface area contributed by atoms with E-state index in [1.54, 1.807) is 23.5 Å². The monoisotopic (exact) mass is 372 g/mol. The van der Waals surface area contributed by atoms with Crippen LogP contribution in [-0.4, -0.2) is 28.1 Å². The highest BCUT2D eigenvalue weighted by molar-refractivity contribution is 7.08. The second kappa shape index (κ2) is 8.01. The molecule has 1 atom stereocenters. The fourth-order valence-electron chi connectivity index (χ4n) is 2.70. The molecule has 0 saturated carbocycles. The predicted octanol–water partition coefficient (Wildman–Crippen LogP) is 2.18. The molecule has 7 nitrogen and oxygen atoms in total. The first-order chi connectivity index (χ1) is 12.5. The fraction of sp³-hybridized carbons (Fsp3) is 0.278. The summed E-state index contributed by atoms with van der Waals surface area (Å²) in [5.41, 5.74) is 2.94. The Morgan fingerprint density at radius 3 is 2.69 bits per heavy atom. The summed E-state index contributed by atoms with van der Waals surface area (Å²) in [5.74, 6) is -0.790. The van der Waals surface area contributed by atoms with Gasteiger partial charge in [-0.3, -0.25) is 14.3 Å². The number of furan rings is 1. The summed E-state index contributed by atoms with van der Waals surface area (Å²) in [6.45, 7) is 4.34. The van der Waals surface area contributed by atoms with Crippen molar-refractivity contribution < 1.29 is 14.0 Å². The third-order valence-electron chi connectivity index (χ3n) is 3.93. The first kappa shape index (κ1) is 17.9. The SMILES string of the molecule is Cc1cc(C)n([C@@H](CNC(=O)C(=O)NCc2ccco2)c2ccsc2)n1. The Labute approximate surface area is 155 Å². The van der Waals surface area contributed by atoms with E-state index in [9.17, 15) is 9.59 Å². The zero-order valence-electron chi connectivity index (χ0n) is 14.6. The topological polar surface area (TPSA) is 89.2 Å². The number of thiophene rings is 1. The zero-order chi connectivity index (χ0) is 18.5. The van der Waals surface area contributed by atoms with Crippen LogP contribution in [0.2, 0.25) is 0 Å². The second-order valence-electron chi connectivity index (χ2n) is 5.92. The van der Waals surface area contributed by atoms with Gasteiger partial charge in [0.15, 0.2) is 0 Å². The van der Waals surface area contributed by atoms with E-state index in [1.807, 2.05) is 41.4 Å². The molecule has 2 N–H and O–H groups in total. The molecular weight excluding hydrogens is 352 g/mol. The average molecular weight is 372 g/mol. The Morgan fingerprint density at radius 2 is 2.08 bits per heavy atom. The van der Waals surface area contributed by atoms with Gasteiger partial charge >= 0.3 is 11.8 Å². The van der Waals surface area contributed by atoms with Crippen LogP contribution in [0.5, 0.6) is 0 Å². The summed E-state index contributed by atoms with van der Waals surface area (Å²) >= 11 is 1.58. The molecule has 3 rings (SSSR count). The predicted molar refractivity (Wildman–Crippen MR) is 97.7 cm³/mol. The molecule has 8 heteroatoms. The first-order valence-corrected chi connectivity index (χ1v) is 9.12. The number of hydrogen-bond acceptors (Lipinski definition) is 5. The lowest BCUT2D eigenvalue weighted by Crippen LogP contribution is -2.42. The van der Waals surface area contributed by atoms with Crippen LogP contribution in [0.15, 0.2) is 45.7 Å². The first-order valence-electron chi connectivity index (χ1n) is 8.18. The van der Waals surface area contributed by atoms with Gasteiger partial charge in [-0.2, -0.15) is 16.4 Å². The van der Waals surface area contributed by atoms with Crippen molar-refractivity contribution in [1.29, 1.82) is 0 Å². The highest BCUT2D eigenvalue weighted by Crippen LogP contribution is 2.22. The normalized spacial score (nSPS) is 11.9. The van der Waals surface area contributed by atoms with Gasteiger partial charge in [0.1, 0.15) is 5.76 Å². The number of nitrogens with one attached hydrogen (secondary N) is 2. The molecule has 3 aromatic heterocycles. The molecule has 0 fully saturated rings. The maximum absolute atomic E-state index is 12.1. The summed E-state index contributed by atoms with van der Waals surface area (Å²) in [6.07, 6.45) is 1.52. The van der Waals surface area contributed by atoms with E-state index in [-0.39, 0.29) is 19.1 Å². The maximum Gasteiger partial charge on any atom is 0.309 e. The largest absolute Gasteiger partial charge is 0.467 e. The Hall–Kier alpha value is -2.87. The van der Waals surface area contributed by atoms with E-state index < -0.39 is 11.8 Å². The van der Waals surface area contributed by atoms with Crippen molar-refractivity contribution in [2.75, 3.05) is 6.54 Å². The number of rotatable bonds is 6. The van der Waals surface area contributed by atoms with Gasteiger partial charge in [0, 0.05) is 12.2 Å². The van der Waals surface area contributed by atoms with Crippen LogP contribution < -0.4 is 10.6 Å². The number of aromatic nitrogens is 2. The number of carbonyl (C=O) groups is 2. The van der Waals surface area contributed by atoms with Gasteiger partial charge < -0.3 is 15.1 Å². The molecule has 0 aliphatic rings. The number of nitrogens with zero attached hydrogens (tertiary/aromatic N) is 2. The molecule has 0 unspecified atom stereocenters. The van der Waals surface area contributed by atoms with Gasteiger partial charge in [-0.15, -0.1) is 0 Å². The van der Waals surface area contributed by atoms with Gasteiger partial charge in [-0.05, 0) is 54.4 Å². The fourth-order valence-corrected chi connectivity index (χ4v) is 3.41. The van der Waals surface area contributed by atoms with Crippen LogP contribution in [0.3, 0.4) is 0 Å². The quantitative estimate of drug-likeness (QED) is 0.649. The van der Waals surface area contributed by atoms with Gasteiger partial charge in [0.25, 0.3) is 0 Å². The molecule has 0 radical (unpaired) electrons. The second-order valence-corrected chi connectivity index (χ2v) is 6.70. The molecule has 0 aliphatic heterocycles. The molecular formula is C18H20N4O3S. The van der Waals surface area contributed by atoms with Gasteiger partial charge in [-0.25, -0.2) is 0 Å². The van der Waals surface area contributed by atoms with E-state index in [0.29, 0.717) is 5.76 Å². The highest BCUT2D eigenvalue weighted by atomic mass is 32.1.